The minimum atomic E-state index is 0.422. The molecule has 0 fully saturated rings. The highest BCUT2D eigenvalue weighted by atomic mass is 127. The van der Waals surface area contributed by atoms with Gasteiger partial charge in [0.05, 0.1) is 0 Å². The van der Waals surface area contributed by atoms with E-state index >= 15 is 0 Å². The van der Waals surface area contributed by atoms with Gasteiger partial charge in [0.1, 0.15) is 0 Å². The van der Waals surface area contributed by atoms with E-state index in [0.29, 0.717) is 8.84 Å². The zero-order chi connectivity index (χ0) is 17.7. The normalized spacial score (nSPS) is 12.7. The van der Waals surface area contributed by atoms with Crippen molar-refractivity contribution in [2.75, 3.05) is 0 Å². The van der Waals surface area contributed by atoms with Crippen LogP contribution in [0.4, 0.5) is 0 Å². The quantitative estimate of drug-likeness (QED) is 0.281. The van der Waals surface area contributed by atoms with E-state index in [1.54, 1.807) is 11.1 Å². The largest absolute Gasteiger partial charge is 0.0795 e. The van der Waals surface area contributed by atoms with Gasteiger partial charge in [-0.1, -0.05) is 75.8 Å². The maximum atomic E-state index is 2.57. The molecule has 0 aromatic heterocycles. The topological polar surface area (TPSA) is 0 Å². The summed E-state index contributed by atoms with van der Waals surface area (Å²) in [6.45, 7) is 16.3. The van der Waals surface area contributed by atoms with Gasteiger partial charge in [0.2, 0.25) is 0 Å². The Bertz CT molecular complexity index is 491. The van der Waals surface area contributed by atoms with E-state index in [2.05, 4.69) is 83.2 Å². The average molecular weight is 428 g/mol. The van der Waals surface area contributed by atoms with E-state index in [9.17, 15) is 0 Å². The smallest absolute Gasteiger partial charge is 0.0166 e. The molecule has 23 heavy (non-hydrogen) atoms. The first-order valence-corrected chi connectivity index (χ1v) is 10.4. The van der Waals surface area contributed by atoms with Gasteiger partial charge >= 0.3 is 0 Å². The Labute approximate surface area is 159 Å². The first-order chi connectivity index (χ1) is 10.5. The summed E-state index contributed by atoms with van der Waals surface area (Å²) in [5.74, 6) is 0. The second-order valence-electron chi connectivity index (χ2n) is 8.65. The van der Waals surface area contributed by atoms with Gasteiger partial charge in [-0.25, -0.2) is 0 Å². The number of aryl methyl sites for hydroxylation is 4. The van der Waals surface area contributed by atoms with Gasteiger partial charge in [-0.05, 0) is 80.0 Å². The summed E-state index contributed by atoms with van der Waals surface area (Å²) in [7, 11) is 0. The molecule has 132 valence electrons. The molecule has 0 saturated carbocycles. The van der Waals surface area contributed by atoms with Gasteiger partial charge < -0.3 is 0 Å². The number of rotatable bonds is 9. The van der Waals surface area contributed by atoms with Crippen LogP contribution in [0.1, 0.15) is 89.0 Å². The fourth-order valence-electron chi connectivity index (χ4n) is 3.12. The van der Waals surface area contributed by atoms with Crippen molar-refractivity contribution in [3.8, 4) is 0 Å². The summed E-state index contributed by atoms with van der Waals surface area (Å²) in [4.78, 5) is 0. The van der Waals surface area contributed by atoms with Crippen LogP contribution < -0.4 is 0 Å². The molecule has 0 aliphatic heterocycles. The van der Waals surface area contributed by atoms with E-state index in [-0.39, 0.29) is 0 Å². The van der Waals surface area contributed by atoms with Gasteiger partial charge in [0.25, 0.3) is 0 Å². The van der Waals surface area contributed by atoms with E-state index in [1.165, 1.54) is 56.1 Å². The van der Waals surface area contributed by atoms with Crippen molar-refractivity contribution in [2.24, 2.45) is 5.41 Å². The summed E-state index contributed by atoms with van der Waals surface area (Å²) in [6.07, 6.45) is 8.96. The number of halogens is 1. The fraction of sp³-hybridized carbons (Fsp3) is 0.727. The van der Waals surface area contributed by atoms with Crippen molar-refractivity contribution in [1.82, 2.24) is 0 Å². The number of hydrogen-bond donors (Lipinski definition) is 0. The summed E-state index contributed by atoms with van der Waals surface area (Å²) in [5.41, 5.74) is 6.60. The number of hydrogen-bond acceptors (Lipinski definition) is 0. The molecule has 1 heteroatoms. The van der Waals surface area contributed by atoms with Crippen molar-refractivity contribution < 1.29 is 0 Å². The molecule has 1 aromatic carbocycles. The van der Waals surface area contributed by atoms with Crippen LogP contribution in [0.5, 0.6) is 0 Å². The molecule has 0 nitrogen and oxygen atoms in total. The van der Waals surface area contributed by atoms with E-state index in [1.807, 2.05) is 0 Å². The zero-order valence-corrected chi connectivity index (χ0v) is 18.6. The molecule has 0 radical (unpaired) electrons. The molecule has 1 aromatic rings. The van der Waals surface area contributed by atoms with Crippen LogP contribution in [-0.2, 0) is 12.8 Å². The minimum absolute atomic E-state index is 0.422. The lowest BCUT2D eigenvalue weighted by atomic mass is 9.83. The second kappa shape index (κ2) is 8.87. The summed E-state index contributed by atoms with van der Waals surface area (Å²) < 4.78 is 0.422. The van der Waals surface area contributed by atoms with Crippen LogP contribution in [0.3, 0.4) is 0 Å². The molecule has 0 N–H and O–H groups in total. The molecule has 0 aliphatic rings. The van der Waals surface area contributed by atoms with Gasteiger partial charge in [0, 0.05) is 3.42 Å². The van der Waals surface area contributed by atoms with Crippen LogP contribution in [-0.4, -0.2) is 3.42 Å². The van der Waals surface area contributed by atoms with Crippen LogP contribution in [0, 0.1) is 19.3 Å². The van der Waals surface area contributed by atoms with E-state index in [4.69, 9.17) is 0 Å². The molecule has 0 saturated heterocycles. The Balaban J connectivity index is 2.68. The first kappa shape index (κ1) is 21.0. The van der Waals surface area contributed by atoms with Crippen molar-refractivity contribution in [2.45, 2.75) is 96.8 Å². The Morgan fingerprint density at radius 1 is 0.826 bits per heavy atom. The summed E-state index contributed by atoms with van der Waals surface area (Å²) >= 11 is 2.57. The van der Waals surface area contributed by atoms with Gasteiger partial charge in [-0.3, -0.25) is 0 Å². The molecular formula is C22H37I. The molecule has 0 heterocycles. The molecule has 0 unspecified atom stereocenters. The van der Waals surface area contributed by atoms with Gasteiger partial charge in [-0.15, -0.1) is 0 Å². The SMILES string of the molecule is CCC(C)(C)CCCc1cc(CCCC(C)(C)I)c(C)cc1C. The van der Waals surface area contributed by atoms with Crippen LogP contribution in [0.2, 0.25) is 0 Å². The summed E-state index contributed by atoms with van der Waals surface area (Å²) in [5, 5.41) is 0. The maximum Gasteiger partial charge on any atom is 0.0166 e. The molecule has 0 bridgehead atoms. The third-order valence-electron chi connectivity index (χ3n) is 5.27. The Morgan fingerprint density at radius 2 is 1.30 bits per heavy atom. The highest BCUT2D eigenvalue weighted by molar-refractivity contribution is 14.1. The van der Waals surface area contributed by atoms with Crippen molar-refractivity contribution in [3.05, 3.63) is 34.4 Å². The Morgan fingerprint density at radius 3 is 1.74 bits per heavy atom. The predicted molar refractivity (Wildman–Crippen MR) is 114 cm³/mol. The monoisotopic (exact) mass is 428 g/mol. The number of alkyl halides is 1. The Kier molecular flexibility index (Phi) is 8.10. The number of benzene rings is 1. The second-order valence-corrected chi connectivity index (χ2v) is 11.6. The molecule has 1 rings (SSSR count). The minimum Gasteiger partial charge on any atom is -0.0795 e. The highest BCUT2D eigenvalue weighted by Gasteiger charge is 2.15. The molecule has 0 amide bonds. The lowest BCUT2D eigenvalue weighted by Gasteiger charge is -2.22. The first-order valence-electron chi connectivity index (χ1n) is 9.32. The van der Waals surface area contributed by atoms with Crippen LogP contribution >= 0.6 is 22.6 Å². The zero-order valence-electron chi connectivity index (χ0n) is 16.5. The molecule has 0 spiro atoms. The fourth-order valence-corrected chi connectivity index (χ4v) is 3.50. The van der Waals surface area contributed by atoms with Crippen LogP contribution in [0.25, 0.3) is 0 Å². The lowest BCUT2D eigenvalue weighted by molar-refractivity contribution is 0.313. The Hall–Kier alpha value is -0.0500. The third kappa shape index (κ3) is 8.05. The van der Waals surface area contributed by atoms with Crippen LogP contribution in [0.15, 0.2) is 12.1 Å². The van der Waals surface area contributed by atoms with Crippen molar-refractivity contribution in [3.63, 3.8) is 0 Å². The van der Waals surface area contributed by atoms with Gasteiger partial charge in [0.15, 0.2) is 0 Å². The maximum absolute atomic E-state index is 2.57. The van der Waals surface area contributed by atoms with Crippen molar-refractivity contribution in [1.29, 1.82) is 0 Å². The third-order valence-corrected chi connectivity index (χ3v) is 5.81. The van der Waals surface area contributed by atoms with Gasteiger partial charge in [-0.2, -0.15) is 0 Å². The molecule has 0 atom stereocenters. The summed E-state index contributed by atoms with van der Waals surface area (Å²) in [6, 6.07) is 4.91. The van der Waals surface area contributed by atoms with E-state index < -0.39 is 0 Å². The van der Waals surface area contributed by atoms with Crippen molar-refractivity contribution >= 4 is 22.6 Å². The van der Waals surface area contributed by atoms with E-state index in [0.717, 1.165) is 0 Å². The average Bonchev–Trinajstić information content (AvgIpc) is 2.41. The molecule has 0 aliphatic carbocycles. The standard InChI is InChI=1S/C22H37I/c1-8-21(4,5)13-9-11-19-16-20(18(3)15-17(19)2)12-10-14-22(6,7)23/h15-16H,8-14H2,1-7H3. The highest BCUT2D eigenvalue weighted by Crippen LogP contribution is 2.29. The lowest BCUT2D eigenvalue weighted by Crippen LogP contribution is -2.10. The molecular weight excluding hydrogens is 391 g/mol. The predicted octanol–water partition coefficient (Wildman–Crippen LogP) is 7.60.